The third-order valence-electron chi connectivity index (χ3n) is 5.62. The fourth-order valence-corrected chi connectivity index (χ4v) is 4.51. The lowest BCUT2D eigenvalue weighted by atomic mass is 9.95. The number of anilines is 1. The SMILES string of the molecule is CCOc1cc(C=CC(=O)OCC(=O)c2cc3c4c(c2)CC(=O)N4CCC3)cc(Cl)c1OC. The Balaban J connectivity index is 1.41. The van der Waals surface area contributed by atoms with Crippen molar-refractivity contribution < 1.29 is 28.6 Å². The van der Waals surface area contributed by atoms with Crippen LogP contribution in [0.4, 0.5) is 5.69 Å². The zero-order valence-electron chi connectivity index (χ0n) is 18.5. The number of ketones is 1. The molecule has 2 aliphatic heterocycles. The van der Waals surface area contributed by atoms with Crippen LogP contribution < -0.4 is 14.4 Å². The van der Waals surface area contributed by atoms with Crippen LogP contribution in [0.5, 0.6) is 11.5 Å². The van der Waals surface area contributed by atoms with Gasteiger partial charge in [0.2, 0.25) is 5.91 Å². The lowest BCUT2D eigenvalue weighted by molar-refractivity contribution is -0.136. The van der Waals surface area contributed by atoms with Crippen LogP contribution in [0.1, 0.15) is 40.4 Å². The van der Waals surface area contributed by atoms with Crippen LogP contribution in [-0.2, 0) is 27.2 Å². The normalized spacial score (nSPS) is 14.4. The van der Waals surface area contributed by atoms with Crippen LogP contribution in [0.2, 0.25) is 5.02 Å². The van der Waals surface area contributed by atoms with Gasteiger partial charge >= 0.3 is 5.97 Å². The van der Waals surface area contributed by atoms with Gasteiger partial charge in [-0.25, -0.2) is 4.79 Å². The summed E-state index contributed by atoms with van der Waals surface area (Å²) in [4.78, 5) is 38.8. The van der Waals surface area contributed by atoms with Crippen molar-refractivity contribution in [3.8, 4) is 11.5 Å². The highest BCUT2D eigenvalue weighted by Gasteiger charge is 2.32. The number of rotatable bonds is 8. The van der Waals surface area contributed by atoms with E-state index in [2.05, 4.69) is 0 Å². The number of carbonyl (C=O) groups is 3. The van der Waals surface area contributed by atoms with Crippen molar-refractivity contribution in [1.82, 2.24) is 0 Å². The molecule has 2 aliphatic rings. The Kier molecular flexibility index (Phi) is 6.70. The number of hydrogen-bond acceptors (Lipinski definition) is 6. The molecule has 33 heavy (non-hydrogen) atoms. The molecule has 0 saturated carbocycles. The van der Waals surface area contributed by atoms with Gasteiger partial charge in [-0.1, -0.05) is 11.6 Å². The summed E-state index contributed by atoms with van der Waals surface area (Å²) in [5, 5.41) is 0.351. The van der Waals surface area contributed by atoms with Crippen LogP contribution in [0.25, 0.3) is 6.08 Å². The third kappa shape index (κ3) is 4.73. The number of hydrogen-bond donors (Lipinski definition) is 0. The Labute approximate surface area is 196 Å². The van der Waals surface area contributed by atoms with Gasteiger partial charge in [0.05, 0.1) is 30.8 Å². The lowest BCUT2D eigenvalue weighted by Gasteiger charge is -2.25. The van der Waals surface area contributed by atoms with Crippen LogP contribution in [0, 0.1) is 0 Å². The summed E-state index contributed by atoms with van der Waals surface area (Å²) in [6.07, 6.45) is 4.75. The first-order chi connectivity index (χ1) is 15.9. The standard InChI is InChI=1S/C25H24ClNO6/c1-3-32-21-10-15(9-19(26)25(21)31-2)6-7-23(30)33-14-20(28)17-11-16-5-4-8-27-22(29)13-18(12-17)24(16)27/h6-7,9-12H,3-5,8,13-14H2,1-2H3. The highest BCUT2D eigenvalue weighted by atomic mass is 35.5. The van der Waals surface area contributed by atoms with Crippen LogP contribution in [0.15, 0.2) is 30.3 Å². The second-order valence-electron chi connectivity index (χ2n) is 7.80. The average Bonchev–Trinajstić information content (AvgIpc) is 3.12. The monoisotopic (exact) mass is 469 g/mol. The number of ether oxygens (including phenoxy) is 3. The second-order valence-corrected chi connectivity index (χ2v) is 8.21. The highest BCUT2D eigenvalue weighted by molar-refractivity contribution is 6.32. The van der Waals surface area contributed by atoms with Gasteiger partial charge in [-0.15, -0.1) is 0 Å². The summed E-state index contributed by atoms with van der Waals surface area (Å²) in [5.41, 5.74) is 3.90. The van der Waals surface area contributed by atoms with Crippen molar-refractivity contribution in [3.63, 3.8) is 0 Å². The number of nitrogens with zero attached hydrogens (tertiary/aromatic N) is 1. The molecule has 0 unspecified atom stereocenters. The molecule has 0 radical (unpaired) electrons. The lowest BCUT2D eigenvalue weighted by Crippen LogP contribution is -2.31. The predicted molar refractivity (Wildman–Crippen MR) is 124 cm³/mol. The van der Waals surface area contributed by atoms with E-state index >= 15 is 0 Å². The van der Waals surface area contributed by atoms with Gasteiger partial charge in [0.25, 0.3) is 0 Å². The number of amides is 1. The molecule has 4 rings (SSSR count). The van der Waals surface area contributed by atoms with Crippen LogP contribution in [-0.4, -0.2) is 44.5 Å². The van der Waals surface area contributed by atoms with E-state index in [0.29, 0.717) is 40.7 Å². The van der Waals surface area contributed by atoms with E-state index in [1.807, 2.05) is 13.0 Å². The van der Waals surface area contributed by atoms with Crippen molar-refractivity contribution in [2.45, 2.75) is 26.2 Å². The molecular weight excluding hydrogens is 446 g/mol. The van der Waals surface area contributed by atoms with Crippen LogP contribution >= 0.6 is 11.6 Å². The first-order valence-electron chi connectivity index (χ1n) is 10.8. The van der Waals surface area contributed by atoms with Gasteiger partial charge in [0.1, 0.15) is 0 Å². The van der Waals surface area contributed by atoms with E-state index in [9.17, 15) is 14.4 Å². The van der Waals surface area contributed by atoms with Gasteiger partial charge in [-0.2, -0.15) is 0 Å². The molecule has 8 heteroatoms. The summed E-state index contributed by atoms with van der Waals surface area (Å²) < 4.78 is 15.9. The number of benzene rings is 2. The second kappa shape index (κ2) is 9.67. The number of methoxy groups -OCH3 is 1. The molecule has 0 fully saturated rings. The van der Waals surface area contributed by atoms with E-state index < -0.39 is 5.97 Å². The molecule has 2 aromatic carbocycles. The smallest absolute Gasteiger partial charge is 0.331 e. The fraction of sp³-hybridized carbons (Fsp3) is 0.320. The first kappa shape index (κ1) is 22.9. The van der Waals surface area contributed by atoms with Crippen molar-refractivity contribution in [2.75, 3.05) is 31.8 Å². The third-order valence-corrected chi connectivity index (χ3v) is 5.90. The summed E-state index contributed by atoms with van der Waals surface area (Å²) in [5.74, 6) is -0.0101. The molecular formula is C25H24ClNO6. The molecule has 2 heterocycles. The molecule has 0 spiro atoms. The topological polar surface area (TPSA) is 82.1 Å². The van der Waals surface area contributed by atoms with Crippen molar-refractivity contribution >= 4 is 41.0 Å². The molecule has 0 N–H and O–H groups in total. The fourth-order valence-electron chi connectivity index (χ4n) is 4.22. The Morgan fingerprint density at radius 3 is 2.73 bits per heavy atom. The van der Waals surface area contributed by atoms with Gasteiger partial charge in [0.15, 0.2) is 23.9 Å². The first-order valence-corrected chi connectivity index (χ1v) is 11.1. The zero-order valence-corrected chi connectivity index (χ0v) is 19.2. The zero-order chi connectivity index (χ0) is 23.5. The van der Waals surface area contributed by atoms with E-state index in [0.717, 1.165) is 36.2 Å². The van der Waals surface area contributed by atoms with Crippen LogP contribution in [0.3, 0.4) is 0 Å². The maximum absolute atomic E-state index is 12.7. The molecule has 0 aromatic heterocycles. The molecule has 0 atom stereocenters. The maximum Gasteiger partial charge on any atom is 0.331 e. The molecule has 7 nitrogen and oxygen atoms in total. The number of Topliss-reactive ketones (excluding diaryl/α,β-unsaturated/α-hetero) is 1. The maximum atomic E-state index is 12.7. The molecule has 1 amide bonds. The summed E-state index contributed by atoms with van der Waals surface area (Å²) in [7, 11) is 1.50. The van der Waals surface area contributed by atoms with Gasteiger partial charge in [-0.05, 0) is 66.8 Å². The number of carbonyl (C=O) groups excluding carboxylic acids is 3. The molecule has 0 saturated heterocycles. The van der Waals surface area contributed by atoms with Crippen molar-refractivity contribution in [1.29, 1.82) is 0 Å². The minimum atomic E-state index is -0.655. The average molecular weight is 470 g/mol. The number of halogens is 1. The largest absolute Gasteiger partial charge is 0.491 e. The van der Waals surface area contributed by atoms with Gasteiger partial charge in [0, 0.05) is 18.2 Å². The van der Waals surface area contributed by atoms with Crippen molar-refractivity contribution in [2.24, 2.45) is 0 Å². The number of aryl methyl sites for hydroxylation is 1. The summed E-state index contributed by atoms with van der Waals surface area (Å²) in [6, 6.07) is 6.88. The molecule has 2 aromatic rings. The van der Waals surface area contributed by atoms with E-state index in [4.69, 9.17) is 25.8 Å². The molecule has 0 aliphatic carbocycles. The highest BCUT2D eigenvalue weighted by Crippen LogP contribution is 2.38. The van der Waals surface area contributed by atoms with E-state index in [1.165, 1.54) is 19.3 Å². The summed E-state index contributed by atoms with van der Waals surface area (Å²) in [6.45, 7) is 2.61. The Morgan fingerprint density at radius 1 is 1.18 bits per heavy atom. The van der Waals surface area contributed by atoms with Gasteiger partial charge in [-0.3, -0.25) is 9.59 Å². The van der Waals surface area contributed by atoms with E-state index in [-0.39, 0.29) is 18.3 Å². The van der Waals surface area contributed by atoms with E-state index in [1.54, 1.807) is 23.1 Å². The summed E-state index contributed by atoms with van der Waals surface area (Å²) >= 11 is 6.22. The Bertz CT molecular complexity index is 1160. The molecule has 0 bridgehead atoms. The minimum absolute atomic E-state index is 0.0678. The minimum Gasteiger partial charge on any atom is -0.491 e. The Morgan fingerprint density at radius 2 is 1.97 bits per heavy atom. The van der Waals surface area contributed by atoms with Crippen molar-refractivity contribution in [3.05, 3.63) is 57.6 Å². The number of esters is 1. The quantitative estimate of drug-likeness (QED) is 0.330. The molecule has 172 valence electrons. The predicted octanol–water partition coefficient (Wildman–Crippen LogP) is 4.02. The Hall–Kier alpha value is -3.32. The van der Waals surface area contributed by atoms with Gasteiger partial charge < -0.3 is 19.1 Å².